The van der Waals surface area contributed by atoms with Crippen LogP contribution in [-0.4, -0.2) is 21.9 Å². The summed E-state index contributed by atoms with van der Waals surface area (Å²) >= 11 is 3.66. The summed E-state index contributed by atoms with van der Waals surface area (Å²) in [7, 11) is 0. The van der Waals surface area contributed by atoms with Crippen molar-refractivity contribution in [1.29, 1.82) is 0 Å². The minimum atomic E-state index is -0.131. The standard InChI is InChI=1S/C16H28BrN3O/c1-3-13-15(17)14(20(4-2)19-13)11-21-12-16(18)9-7-5-6-8-10-16/h3-12,18H2,1-2H3. The maximum Gasteiger partial charge on any atom is 0.0897 e. The van der Waals surface area contributed by atoms with Gasteiger partial charge in [0.15, 0.2) is 0 Å². The molecule has 0 radical (unpaired) electrons. The quantitative estimate of drug-likeness (QED) is 0.787. The zero-order chi connectivity index (χ0) is 15.3. The molecule has 0 spiro atoms. The van der Waals surface area contributed by atoms with E-state index in [9.17, 15) is 0 Å². The first-order valence-electron chi connectivity index (χ1n) is 8.20. The Morgan fingerprint density at radius 3 is 2.48 bits per heavy atom. The number of aromatic nitrogens is 2. The summed E-state index contributed by atoms with van der Waals surface area (Å²) in [5, 5.41) is 4.60. The van der Waals surface area contributed by atoms with E-state index < -0.39 is 0 Å². The molecule has 4 nitrogen and oxygen atoms in total. The largest absolute Gasteiger partial charge is 0.373 e. The molecule has 1 aliphatic carbocycles. The molecule has 0 saturated heterocycles. The van der Waals surface area contributed by atoms with E-state index in [1.54, 1.807) is 0 Å². The average Bonchev–Trinajstić information content (AvgIpc) is 2.63. The minimum absolute atomic E-state index is 0.131. The van der Waals surface area contributed by atoms with Crippen molar-refractivity contribution in [3.05, 3.63) is 15.9 Å². The first kappa shape index (κ1) is 17.0. The lowest BCUT2D eigenvalue weighted by Gasteiger charge is -2.27. The fourth-order valence-corrected chi connectivity index (χ4v) is 3.76. The van der Waals surface area contributed by atoms with Crippen LogP contribution < -0.4 is 5.73 Å². The Morgan fingerprint density at radius 2 is 1.90 bits per heavy atom. The lowest BCUT2D eigenvalue weighted by Crippen LogP contribution is -2.44. The lowest BCUT2D eigenvalue weighted by atomic mass is 9.93. The molecule has 1 fully saturated rings. The third kappa shape index (κ3) is 4.30. The molecular weight excluding hydrogens is 330 g/mol. The molecule has 0 aromatic carbocycles. The molecule has 1 heterocycles. The van der Waals surface area contributed by atoms with Crippen LogP contribution in [0.1, 0.15) is 63.8 Å². The van der Waals surface area contributed by atoms with E-state index in [1.807, 2.05) is 4.68 Å². The molecule has 5 heteroatoms. The van der Waals surface area contributed by atoms with Gasteiger partial charge in [-0.3, -0.25) is 4.68 Å². The molecule has 0 aliphatic heterocycles. The van der Waals surface area contributed by atoms with E-state index in [0.717, 1.165) is 41.7 Å². The van der Waals surface area contributed by atoms with Gasteiger partial charge in [0.1, 0.15) is 0 Å². The summed E-state index contributed by atoms with van der Waals surface area (Å²) in [6.07, 6.45) is 8.19. The van der Waals surface area contributed by atoms with Gasteiger partial charge in [-0.25, -0.2) is 0 Å². The second kappa shape index (κ2) is 7.75. The molecule has 1 aromatic heterocycles. The molecule has 2 N–H and O–H groups in total. The molecule has 21 heavy (non-hydrogen) atoms. The molecule has 1 aliphatic rings. The first-order chi connectivity index (χ1) is 10.1. The van der Waals surface area contributed by atoms with Crippen LogP contribution in [0, 0.1) is 0 Å². The van der Waals surface area contributed by atoms with Gasteiger partial charge in [0.2, 0.25) is 0 Å². The fourth-order valence-electron chi connectivity index (χ4n) is 3.08. The number of halogens is 1. The van der Waals surface area contributed by atoms with Gasteiger partial charge in [-0.15, -0.1) is 0 Å². The summed E-state index contributed by atoms with van der Waals surface area (Å²) in [6.45, 7) is 6.33. The van der Waals surface area contributed by atoms with Gasteiger partial charge >= 0.3 is 0 Å². The van der Waals surface area contributed by atoms with Crippen molar-refractivity contribution in [3.8, 4) is 0 Å². The number of nitrogens with zero attached hydrogens (tertiary/aromatic N) is 2. The summed E-state index contributed by atoms with van der Waals surface area (Å²) in [6, 6.07) is 0. The number of nitrogens with two attached hydrogens (primary N) is 1. The van der Waals surface area contributed by atoms with E-state index in [-0.39, 0.29) is 5.54 Å². The smallest absolute Gasteiger partial charge is 0.0897 e. The highest BCUT2D eigenvalue weighted by Gasteiger charge is 2.26. The van der Waals surface area contributed by atoms with E-state index in [2.05, 4.69) is 34.9 Å². The number of hydrogen-bond acceptors (Lipinski definition) is 3. The van der Waals surface area contributed by atoms with Crippen molar-refractivity contribution >= 4 is 15.9 Å². The zero-order valence-electron chi connectivity index (χ0n) is 13.3. The highest BCUT2D eigenvalue weighted by atomic mass is 79.9. The van der Waals surface area contributed by atoms with E-state index >= 15 is 0 Å². The van der Waals surface area contributed by atoms with E-state index in [4.69, 9.17) is 10.5 Å². The number of ether oxygens (including phenoxy) is 1. The van der Waals surface area contributed by atoms with Crippen molar-refractivity contribution in [3.63, 3.8) is 0 Å². The van der Waals surface area contributed by atoms with Crippen LogP contribution in [-0.2, 0) is 24.3 Å². The molecule has 2 rings (SSSR count). The zero-order valence-corrected chi connectivity index (χ0v) is 14.9. The topological polar surface area (TPSA) is 53.1 Å². The summed E-state index contributed by atoms with van der Waals surface area (Å²) < 4.78 is 9.11. The summed E-state index contributed by atoms with van der Waals surface area (Å²) in [4.78, 5) is 0. The third-order valence-corrected chi connectivity index (χ3v) is 5.34. The fraction of sp³-hybridized carbons (Fsp3) is 0.812. The van der Waals surface area contributed by atoms with Gasteiger partial charge in [0, 0.05) is 12.1 Å². The summed E-state index contributed by atoms with van der Waals surface area (Å²) in [5.41, 5.74) is 8.61. The van der Waals surface area contributed by atoms with Crippen LogP contribution in [0.5, 0.6) is 0 Å². The lowest BCUT2D eigenvalue weighted by molar-refractivity contribution is 0.0625. The van der Waals surface area contributed by atoms with E-state index in [0.29, 0.717) is 13.2 Å². The maximum atomic E-state index is 6.50. The van der Waals surface area contributed by atoms with Gasteiger partial charge in [-0.2, -0.15) is 5.10 Å². The molecule has 0 atom stereocenters. The number of aryl methyl sites for hydroxylation is 2. The third-order valence-electron chi connectivity index (χ3n) is 4.42. The maximum absolute atomic E-state index is 6.50. The Kier molecular flexibility index (Phi) is 6.26. The normalized spacial score (nSPS) is 18.7. The Labute approximate surface area is 136 Å². The van der Waals surface area contributed by atoms with Gasteiger partial charge in [-0.1, -0.05) is 32.6 Å². The first-order valence-corrected chi connectivity index (χ1v) is 8.99. The predicted molar refractivity (Wildman–Crippen MR) is 89.3 cm³/mol. The van der Waals surface area contributed by atoms with Gasteiger partial charge < -0.3 is 10.5 Å². The number of hydrogen-bond donors (Lipinski definition) is 1. The Hall–Kier alpha value is -0.390. The second-order valence-corrected chi connectivity index (χ2v) is 6.94. The van der Waals surface area contributed by atoms with Crippen LogP contribution in [0.3, 0.4) is 0 Å². The highest BCUT2D eigenvalue weighted by Crippen LogP contribution is 2.27. The van der Waals surface area contributed by atoms with Crippen LogP contribution in [0.2, 0.25) is 0 Å². The van der Waals surface area contributed by atoms with Crippen molar-refractivity contribution in [1.82, 2.24) is 9.78 Å². The highest BCUT2D eigenvalue weighted by molar-refractivity contribution is 9.10. The van der Waals surface area contributed by atoms with Crippen molar-refractivity contribution < 1.29 is 4.74 Å². The van der Waals surface area contributed by atoms with Gasteiger partial charge in [0.05, 0.1) is 29.1 Å². The molecule has 0 bridgehead atoms. The number of rotatable bonds is 6. The SMILES string of the molecule is CCc1nn(CC)c(COCC2(N)CCCCCC2)c1Br. The van der Waals surface area contributed by atoms with E-state index in [1.165, 1.54) is 25.7 Å². The van der Waals surface area contributed by atoms with Crippen molar-refractivity contribution in [2.75, 3.05) is 6.61 Å². The van der Waals surface area contributed by atoms with Gasteiger partial charge in [-0.05, 0) is 42.1 Å². The summed E-state index contributed by atoms with van der Waals surface area (Å²) in [5.74, 6) is 0. The molecular formula is C16H28BrN3O. The van der Waals surface area contributed by atoms with Crippen LogP contribution in [0.25, 0.3) is 0 Å². The van der Waals surface area contributed by atoms with Crippen LogP contribution >= 0.6 is 15.9 Å². The molecule has 120 valence electrons. The Balaban J connectivity index is 1.95. The van der Waals surface area contributed by atoms with Crippen molar-refractivity contribution in [2.45, 2.75) is 77.5 Å². The van der Waals surface area contributed by atoms with Crippen molar-refractivity contribution in [2.24, 2.45) is 5.73 Å². The minimum Gasteiger partial charge on any atom is -0.373 e. The molecule has 1 saturated carbocycles. The van der Waals surface area contributed by atoms with Crippen LogP contribution in [0.4, 0.5) is 0 Å². The molecule has 0 unspecified atom stereocenters. The van der Waals surface area contributed by atoms with Gasteiger partial charge in [0.25, 0.3) is 0 Å². The Bertz CT molecular complexity index is 451. The Morgan fingerprint density at radius 1 is 1.24 bits per heavy atom. The second-order valence-electron chi connectivity index (χ2n) is 6.15. The average molecular weight is 358 g/mol. The van der Waals surface area contributed by atoms with Crippen LogP contribution in [0.15, 0.2) is 4.47 Å². The molecule has 0 amide bonds. The molecule has 1 aromatic rings. The monoisotopic (exact) mass is 357 g/mol. The predicted octanol–water partition coefficient (Wildman–Crippen LogP) is 3.80.